The first kappa shape index (κ1) is 15.0. The zero-order valence-corrected chi connectivity index (χ0v) is 12.8. The van der Waals surface area contributed by atoms with Gasteiger partial charge < -0.3 is 9.64 Å². The molecule has 0 spiro atoms. The van der Waals surface area contributed by atoms with Crippen molar-refractivity contribution in [3.63, 3.8) is 0 Å². The van der Waals surface area contributed by atoms with E-state index in [0.717, 1.165) is 0 Å². The third-order valence-corrected chi connectivity index (χ3v) is 4.03. The monoisotopic (exact) mass is 308 g/mol. The van der Waals surface area contributed by atoms with Gasteiger partial charge in [-0.15, -0.1) is 0 Å². The Morgan fingerprint density at radius 2 is 1.86 bits per heavy atom. The van der Waals surface area contributed by atoms with Crippen LogP contribution in [-0.2, 0) is 10.0 Å². The summed E-state index contributed by atoms with van der Waals surface area (Å²) in [7, 11) is 1.26. The molecule has 21 heavy (non-hydrogen) atoms. The number of benzene rings is 1. The van der Waals surface area contributed by atoms with Crippen LogP contribution in [0.25, 0.3) is 0 Å². The molecular formula is C13H16N4O3S. The number of nitrogens with zero attached hydrogens (tertiary/aromatic N) is 3. The smallest absolute Gasteiger partial charge is 0.318 e. The van der Waals surface area contributed by atoms with Crippen molar-refractivity contribution in [2.24, 2.45) is 0 Å². The maximum Gasteiger partial charge on any atom is 0.318 e. The van der Waals surface area contributed by atoms with Crippen LogP contribution in [0.2, 0.25) is 0 Å². The Labute approximate surface area is 123 Å². The number of nitrogens with one attached hydrogen (secondary N) is 1. The summed E-state index contributed by atoms with van der Waals surface area (Å²) in [5, 5.41) is 0. The SMILES string of the molecule is COc1ncc(NS(=O)(=O)c2ccccc2)c(N(C)C)n1. The third-order valence-electron chi connectivity index (χ3n) is 2.65. The van der Waals surface area contributed by atoms with E-state index in [-0.39, 0.29) is 16.6 Å². The van der Waals surface area contributed by atoms with Gasteiger partial charge in [0.15, 0.2) is 5.82 Å². The molecule has 0 radical (unpaired) electrons. The van der Waals surface area contributed by atoms with E-state index in [1.54, 1.807) is 37.2 Å². The van der Waals surface area contributed by atoms with Crippen molar-refractivity contribution in [1.82, 2.24) is 9.97 Å². The summed E-state index contributed by atoms with van der Waals surface area (Å²) < 4.78 is 32.1. The maximum absolute atomic E-state index is 12.3. The molecule has 0 aliphatic rings. The van der Waals surface area contributed by atoms with Gasteiger partial charge in [-0.3, -0.25) is 4.72 Å². The standard InChI is InChI=1S/C13H16N4O3S/c1-17(2)12-11(9-14-13(15-12)20-3)16-21(18,19)10-7-5-4-6-8-10/h4-9,16H,1-3H3. The predicted molar refractivity (Wildman–Crippen MR) is 80.2 cm³/mol. The highest BCUT2D eigenvalue weighted by atomic mass is 32.2. The summed E-state index contributed by atoms with van der Waals surface area (Å²) in [4.78, 5) is 9.91. The van der Waals surface area contributed by atoms with Crippen molar-refractivity contribution in [1.29, 1.82) is 0 Å². The summed E-state index contributed by atoms with van der Waals surface area (Å²) >= 11 is 0. The average molecular weight is 308 g/mol. The number of hydrogen-bond acceptors (Lipinski definition) is 6. The molecule has 0 bridgehead atoms. The van der Waals surface area contributed by atoms with Gasteiger partial charge in [0, 0.05) is 14.1 Å². The molecule has 0 saturated carbocycles. The minimum Gasteiger partial charge on any atom is -0.467 e. The number of aromatic nitrogens is 2. The van der Waals surface area contributed by atoms with E-state index in [1.807, 2.05) is 0 Å². The summed E-state index contributed by atoms with van der Waals surface area (Å²) in [6, 6.07) is 8.27. The summed E-state index contributed by atoms with van der Waals surface area (Å²) in [6.07, 6.45) is 1.38. The molecular weight excluding hydrogens is 292 g/mol. The lowest BCUT2D eigenvalue weighted by molar-refractivity contribution is 0.380. The van der Waals surface area contributed by atoms with Crippen molar-refractivity contribution < 1.29 is 13.2 Å². The van der Waals surface area contributed by atoms with Crippen LogP contribution in [0.15, 0.2) is 41.4 Å². The average Bonchev–Trinajstić information content (AvgIpc) is 2.48. The Balaban J connectivity index is 2.40. The molecule has 0 fully saturated rings. The van der Waals surface area contributed by atoms with Crippen LogP contribution in [0.1, 0.15) is 0 Å². The van der Waals surface area contributed by atoms with Gasteiger partial charge in [0.2, 0.25) is 0 Å². The van der Waals surface area contributed by atoms with E-state index in [4.69, 9.17) is 4.74 Å². The number of anilines is 2. The number of ether oxygens (including phenoxy) is 1. The third kappa shape index (κ3) is 3.40. The largest absolute Gasteiger partial charge is 0.467 e. The summed E-state index contributed by atoms with van der Waals surface area (Å²) in [5.74, 6) is 0.418. The fourth-order valence-corrected chi connectivity index (χ4v) is 2.74. The van der Waals surface area contributed by atoms with Crippen LogP contribution >= 0.6 is 0 Å². The Morgan fingerprint density at radius 1 is 1.19 bits per heavy atom. The molecule has 2 rings (SSSR count). The van der Waals surface area contributed by atoms with Crippen LogP contribution in [0.4, 0.5) is 11.5 Å². The van der Waals surface area contributed by atoms with Crippen molar-refractivity contribution in [2.45, 2.75) is 4.90 Å². The molecule has 1 aromatic heterocycles. The molecule has 7 nitrogen and oxygen atoms in total. The second-order valence-electron chi connectivity index (χ2n) is 4.41. The quantitative estimate of drug-likeness (QED) is 0.897. The molecule has 1 aromatic carbocycles. The van der Waals surface area contributed by atoms with Crippen LogP contribution in [0.5, 0.6) is 6.01 Å². The molecule has 0 unspecified atom stereocenters. The predicted octanol–water partition coefficient (Wildman–Crippen LogP) is 1.35. The normalized spacial score (nSPS) is 11.0. The van der Waals surface area contributed by atoms with Gasteiger partial charge in [0.1, 0.15) is 5.69 Å². The molecule has 0 atom stereocenters. The zero-order chi connectivity index (χ0) is 15.5. The van der Waals surface area contributed by atoms with Crippen LogP contribution in [0, 0.1) is 0 Å². The molecule has 2 aromatic rings. The molecule has 112 valence electrons. The highest BCUT2D eigenvalue weighted by molar-refractivity contribution is 7.92. The zero-order valence-electron chi connectivity index (χ0n) is 11.9. The van der Waals surface area contributed by atoms with Gasteiger partial charge >= 0.3 is 6.01 Å². The highest BCUT2D eigenvalue weighted by Gasteiger charge is 2.18. The number of rotatable bonds is 5. The lowest BCUT2D eigenvalue weighted by atomic mass is 10.4. The van der Waals surface area contributed by atoms with Gasteiger partial charge in [-0.2, -0.15) is 4.98 Å². The lowest BCUT2D eigenvalue weighted by Gasteiger charge is -2.17. The Kier molecular flexibility index (Phi) is 4.27. The first-order valence-electron chi connectivity index (χ1n) is 6.10. The number of methoxy groups -OCH3 is 1. The van der Waals surface area contributed by atoms with Gasteiger partial charge in [0.25, 0.3) is 10.0 Å². The van der Waals surface area contributed by atoms with Crippen molar-refractivity contribution in [3.8, 4) is 6.01 Å². The lowest BCUT2D eigenvalue weighted by Crippen LogP contribution is -2.19. The number of hydrogen-bond donors (Lipinski definition) is 1. The topological polar surface area (TPSA) is 84.4 Å². The van der Waals surface area contributed by atoms with E-state index >= 15 is 0 Å². The second-order valence-corrected chi connectivity index (χ2v) is 6.09. The molecule has 0 aliphatic heterocycles. The van der Waals surface area contributed by atoms with Gasteiger partial charge in [-0.25, -0.2) is 13.4 Å². The second kappa shape index (κ2) is 5.96. The number of sulfonamides is 1. The van der Waals surface area contributed by atoms with Gasteiger partial charge in [-0.1, -0.05) is 18.2 Å². The van der Waals surface area contributed by atoms with Crippen LogP contribution < -0.4 is 14.4 Å². The first-order valence-corrected chi connectivity index (χ1v) is 7.58. The molecule has 0 saturated heterocycles. The molecule has 8 heteroatoms. The Morgan fingerprint density at radius 3 is 2.43 bits per heavy atom. The Bertz CT molecular complexity index is 717. The molecule has 0 aliphatic carbocycles. The molecule has 0 amide bonds. The highest BCUT2D eigenvalue weighted by Crippen LogP contribution is 2.25. The fraction of sp³-hybridized carbons (Fsp3) is 0.231. The minimum absolute atomic E-state index is 0.168. The van der Waals surface area contributed by atoms with E-state index < -0.39 is 10.0 Å². The van der Waals surface area contributed by atoms with E-state index in [9.17, 15) is 8.42 Å². The van der Waals surface area contributed by atoms with E-state index in [1.165, 1.54) is 25.4 Å². The fourth-order valence-electron chi connectivity index (χ4n) is 1.67. The maximum atomic E-state index is 12.3. The summed E-state index contributed by atoms with van der Waals surface area (Å²) in [5.41, 5.74) is 0.282. The van der Waals surface area contributed by atoms with Gasteiger partial charge in [0.05, 0.1) is 18.2 Å². The van der Waals surface area contributed by atoms with E-state index in [0.29, 0.717) is 5.82 Å². The minimum atomic E-state index is -3.69. The van der Waals surface area contributed by atoms with Crippen molar-refractivity contribution in [3.05, 3.63) is 36.5 Å². The molecule has 1 heterocycles. The van der Waals surface area contributed by atoms with E-state index in [2.05, 4.69) is 14.7 Å². The van der Waals surface area contributed by atoms with Crippen molar-refractivity contribution >= 4 is 21.5 Å². The van der Waals surface area contributed by atoms with Crippen LogP contribution in [-0.4, -0.2) is 39.6 Å². The Hall–Kier alpha value is -2.35. The van der Waals surface area contributed by atoms with Crippen LogP contribution in [0.3, 0.4) is 0 Å². The summed E-state index contributed by atoms with van der Waals surface area (Å²) in [6.45, 7) is 0. The molecule has 1 N–H and O–H groups in total. The van der Waals surface area contributed by atoms with Gasteiger partial charge in [-0.05, 0) is 12.1 Å². The van der Waals surface area contributed by atoms with Crippen molar-refractivity contribution in [2.75, 3.05) is 30.8 Å². The first-order chi connectivity index (χ1) is 9.94.